The molecule has 0 radical (unpaired) electrons. The third kappa shape index (κ3) is 3.85. The van der Waals surface area contributed by atoms with Crippen molar-refractivity contribution in [3.05, 3.63) is 35.4 Å². The van der Waals surface area contributed by atoms with E-state index in [1.54, 1.807) is 4.90 Å². The van der Waals surface area contributed by atoms with Crippen LogP contribution in [0, 0.1) is 18.8 Å². The van der Waals surface area contributed by atoms with Crippen LogP contribution < -0.4 is 10.6 Å². The molecule has 0 unspecified atom stereocenters. The zero-order chi connectivity index (χ0) is 18.1. The molecule has 1 aromatic rings. The van der Waals surface area contributed by atoms with E-state index < -0.39 is 0 Å². The van der Waals surface area contributed by atoms with Crippen LogP contribution in [0.1, 0.15) is 30.4 Å². The van der Waals surface area contributed by atoms with Crippen LogP contribution in [0.5, 0.6) is 0 Å². The van der Waals surface area contributed by atoms with Crippen LogP contribution in [-0.4, -0.2) is 48.7 Å². The smallest absolute Gasteiger partial charge is 0.317 e. The molecule has 0 aromatic heterocycles. The van der Waals surface area contributed by atoms with Crippen molar-refractivity contribution in [3.63, 3.8) is 0 Å². The average molecular weight is 357 g/mol. The first-order valence-electron chi connectivity index (χ1n) is 9.60. The number of carbonyl (C=O) groups is 2. The van der Waals surface area contributed by atoms with Gasteiger partial charge in [-0.05, 0) is 43.2 Å². The molecule has 3 aliphatic rings. The largest absolute Gasteiger partial charge is 0.370 e. The van der Waals surface area contributed by atoms with Crippen molar-refractivity contribution in [2.75, 3.05) is 19.6 Å². The number of nitrogens with zero attached hydrogens (tertiary/aromatic N) is 1. The summed E-state index contributed by atoms with van der Waals surface area (Å²) in [6.45, 7) is 4.39. The van der Waals surface area contributed by atoms with Crippen molar-refractivity contribution >= 4 is 11.9 Å². The summed E-state index contributed by atoms with van der Waals surface area (Å²) in [4.78, 5) is 26.8. The maximum absolute atomic E-state index is 12.6. The van der Waals surface area contributed by atoms with Gasteiger partial charge in [0.15, 0.2) is 0 Å². The molecule has 1 aromatic carbocycles. The van der Waals surface area contributed by atoms with Crippen molar-refractivity contribution in [2.24, 2.45) is 11.8 Å². The Kier molecular flexibility index (Phi) is 4.85. The highest BCUT2D eigenvalue weighted by Crippen LogP contribution is 2.33. The lowest BCUT2D eigenvalue weighted by molar-refractivity contribution is -0.127. The van der Waals surface area contributed by atoms with Crippen LogP contribution >= 0.6 is 0 Å². The monoisotopic (exact) mass is 357 g/mol. The van der Waals surface area contributed by atoms with Gasteiger partial charge >= 0.3 is 6.03 Å². The van der Waals surface area contributed by atoms with Gasteiger partial charge in [0, 0.05) is 26.2 Å². The van der Waals surface area contributed by atoms with Gasteiger partial charge in [0.1, 0.15) is 0 Å². The third-order valence-electron chi connectivity index (χ3n) is 5.73. The second-order valence-corrected chi connectivity index (χ2v) is 7.82. The van der Waals surface area contributed by atoms with E-state index >= 15 is 0 Å². The van der Waals surface area contributed by atoms with Crippen molar-refractivity contribution in [3.8, 4) is 0 Å². The van der Waals surface area contributed by atoms with E-state index in [4.69, 9.17) is 4.74 Å². The summed E-state index contributed by atoms with van der Waals surface area (Å²) in [5, 5.41) is 6.06. The molecule has 3 amide bonds. The molecular formula is C20H27N3O3. The quantitative estimate of drug-likeness (QED) is 0.844. The topological polar surface area (TPSA) is 70.7 Å². The second kappa shape index (κ2) is 7.27. The van der Waals surface area contributed by atoms with E-state index in [1.165, 1.54) is 18.4 Å². The Bertz CT molecular complexity index is 689. The van der Waals surface area contributed by atoms with Gasteiger partial charge in [-0.2, -0.15) is 0 Å². The predicted molar refractivity (Wildman–Crippen MR) is 97.5 cm³/mol. The number of amides is 3. The van der Waals surface area contributed by atoms with Crippen LogP contribution in [0.4, 0.5) is 4.79 Å². The van der Waals surface area contributed by atoms with Gasteiger partial charge in [0.2, 0.25) is 5.91 Å². The molecule has 1 aliphatic carbocycles. The first-order chi connectivity index (χ1) is 12.6. The van der Waals surface area contributed by atoms with Gasteiger partial charge in [-0.1, -0.05) is 24.3 Å². The van der Waals surface area contributed by atoms with E-state index in [1.807, 2.05) is 31.2 Å². The minimum atomic E-state index is -0.183. The zero-order valence-corrected chi connectivity index (χ0v) is 15.2. The van der Waals surface area contributed by atoms with Gasteiger partial charge in [0.05, 0.1) is 18.1 Å². The number of ether oxygens (including phenoxy) is 1. The molecule has 2 N–H and O–H groups in total. The number of likely N-dealkylation sites (tertiary alicyclic amines) is 1. The number of fused-ring (bicyclic) bond motifs is 2. The number of urea groups is 1. The van der Waals surface area contributed by atoms with E-state index in [2.05, 4.69) is 10.6 Å². The molecule has 26 heavy (non-hydrogen) atoms. The molecule has 3 atom stereocenters. The van der Waals surface area contributed by atoms with Gasteiger partial charge in [-0.25, -0.2) is 4.79 Å². The maximum Gasteiger partial charge on any atom is 0.317 e. The second-order valence-electron chi connectivity index (χ2n) is 7.82. The average Bonchev–Trinajstić information content (AvgIpc) is 3.42. The SMILES string of the molecule is Cc1ccccc1CNC(=O)N1C[C@H]2C[C@@H](C(=O)NCC3CC3)[C@@H](C1)O2. The van der Waals surface area contributed by atoms with E-state index in [0.29, 0.717) is 32.0 Å². The molecule has 6 heteroatoms. The minimum absolute atomic E-state index is 0.0327. The first kappa shape index (κ1) is 17.3. The van der Waals surface area contributed by atoms with Crippen LogP contribution in [0.2, 0.25) is 0 Å². The van der Waals surface area contributed by atoms with Crippen LogP contribution in [0.25, 0.3) is 0 Å². The summed E-state index contributed by atoms with van der Waals surface area (Å²) in [6, 6.07) is 7.97. The number of nitrogens with one attached hydrogen (secondary N) is 2. The van der Waals surface area contributed by atoms with Crippen LogP contribution in [-0.2, 0) is 16.1 Å². The molecule has 1 saturated carbocycles. The van der Waals surface area contributed by atoms with Crippen molar-refractivity contribution < 1.29 is 14.3 Å². The Morgan fingerprint density at radius 1 is 1.19 bits per heavy atom. The lowest BCUT2D eigenvalue weighted by Crippen LogP contribution is -2.51. The fourth-order valence-corrected chi connectivity index (χ4v) is 3.89. The fraction of sp³-hybridized carbons (Fsp3) is 0.600. The Morgan fingerprint density at radius 2 is 2.00 bits per heavy atom. The lowest BCUT2D eigenvalue weighted by Gasteiger charge is -2.32. The molecule has 6 nitrogen and oxygen atoms in total. The summed E-state index contributed by atoms with van der Waals surface area (Å²) in [5.74, 6) is 0.629. The number of aryl methyl sites for hydroxylation is 1. The highest BCUT2D eigenvalue weighted by Gasteiger charge is 2.45. The predicted octanol–water partition coefficient (Wildman–Crippen LogP) is 1.82. The summed E-state index contributed by atoms with van der Waals surface area (Å²) in [6.07, 6.45) is 2.94. The van der Waals surface area contributed by atoms with Gasteiger partial charge in [-0.3, -0.25) is 4.79 Å². The Balaban J connectivity index is 1.30. The molecule has 3 fully saturated rings. The summed E-state index contributed by atoms with van der Waals surface area (Å²) in [7, 11) is 0. The summed E-state index contributed by atoms with van der Waals surface area (Å²) < 4.78 is 5.93. The zero-order valence-electron chi connectivity index (χ0n) is 15.2. The van der Waals surface area contributed by atoms with Crippen molar-refractivity contribution in [1.82, 2.24) is 15.5 Å². The van der Waals surface area contributed by atoms with E-state index in [-0.39, 0.29) is 30.1 Å². The molecular weight excluding hydrogens is 330 g/mol. The number of hydrogen-bond donors (Lipinski definition) is 2. The van der Waals surface area contributed by atoms with Crippen LogP contribution in [0.15, 0.2) is 24.3 Å². The van der Waals surface area contributed by atoms with Crippen LogP contribution in [0.3, 0.4) is 0 Å². The lowest BCUT2D eigenvalue weighted by atomic mass is 9.99. The summed E-state index contributed by atoms with van der Waals surface area (Å²) in [5.41, 5.74) is 2.29. The molecule has 2 saturated heterocycles. The van der Waals surface area contributed by atoms with E-state index in [9.17, 15) is 9.59 Å². The number of rotatable bonds is 5. The van der Waals surface area contributed by atoms with Gasteiger partial charge in [-0.15, -0.1) is 0 Å². The number of benzene rings is 1. The molecule has 2 aliphatic heterocycles. The van der Waals surface area contributed by atoms with E-state index in [0.717, 1.165) is 12.1 Å². The molecule has 140 valence electrons. The third-order valence-corrected chi connectivity index (χ3v) is 5.73. The summed E-state index contributed by atoms with van der Waals surface area (Å²) >= 11 is 0. The number of morpholine rings is 1. The number of hydrogen-bond acceptors (Lipinski definition) is 3. The first-order valence-corrected chi connectivity index (χ1v) is 9.60. The van der Waals surface area contributed by atoms with Gasteiger partial charge < -0.3 is 20.3 Å². The normalized spacial score (nSPS) is 27.3. The fourth-order valence-electron chi connectivity index (χ4n) is 3.89. The standard InChI is InChI=1S/C20H27N3O3/c1-13-4-2-3-5-15(13)10-22-20(25)23-11-16-8-17(18(12-23)26-16)19(24)21-9-14-6-7-14/h2-5,14,16-18H,6-12H2,1H3,(H,21,24)(H,22,25)/t16-,17-,18-/m1/s1. The van der Waals surface area contributed by atoms with Gasteiger partial charge in [0.25, 0.3) is 0 Å². The van der Waals surface area contributed by atoms with Crippen molar-refractivity contribution in [2.45, 2.75) is 44.9 Å². The molecule has 0 spiro atoms. The molecule has 2 bridgehead atoms. The highest BCUT2D eigenvalue weighted by molar-refractivity contribution is 5.80. The maximum atomic E-state index is 12.6. The Hall–Kier alpha value is -2.08. The Labute approximate surface area is 154 Å². The minimum Gasteiger partial charge on any atom is -0.370 e. The number of carbonyl (C=O) groups excluding carboxylic acids is 2. The highest BCUT2D eigenvalue weighted by atomic mass is 16.5. The molecule has 4 rings (SSSR count). The van der Waals surface area contributed by atoms with Crippen molar-refractivity contribution in [1.29, 1.82) is 0 Å². The molecule has 2 heterocycles. The Morgan fingerprint density at radius 3 is 2.77 bits per heavy atom.